The first kappa shape index (κ1) is 20.2. The van der Waals surface area contributed by atoms with Gasteiger partial charge in [0, 0.05) is 23.6 Å². The SMILES string of the molecule is Cc1cccc(C(F)(F)C(F)(F)c2ccc(C(F)(F)C(C)(F)F)cc2)c1. The van der Waals surface area contributed by atoms with Gasteiger partial charge in [-0.1, -0.05) is 48.0 Å². The van der Waals surface area contributed by atoms with E-state index >= 15 is 0 Å². The molecule has 2 rings (SSSR count). The van der Waals surface area contributed by atoms with E-state index in [2.05, 4.69) is 0 Å². The molecule has 0 heterocycles. The summed E-state index contributed by atoms with van der Waals surface area (Å²) in [4.78, 5) is 0. The molecule has 2 aromatic rings. The lowest BCUT2D eigenvalue weighted by Crippen LogP contribution is -2.36. The third-order valence-corrected chi connectivity index (χ3v) is 3.94. The van der Waals surface area contributed by atoms with Crippen LogP contribution in [0.25, 0.3) is 0 Å². The molecule has 0 radical (unpaired) electrons. The lowest BCUT2D eigenvalue weighted by molar-refractivity contribution is -0.224. The first-order valence-electron chi connectivity index (χ1n) is 7.40. The molecule has 0 aliphatic heterocycles. The molecule has 0 spiro atoms. The third kappa shape index (κ3) is 3.29. The van der Waals surface area contributed by atoms with Crippen LogP contribution in [0.5, 0.6) is 0 Å². The van der Waals surface area contributed by atoms with Crippen LogP contribution in [0.2, 0.25) is 0 Å². The van der Waals surface area contributed by atoms with Gasteiger partial charge in [-0.15, -0.1) is 0 Å². The van der Waals surface area contributed by atoms with Crippen LogP contribution in [0.3, 0.4) is 0 Å². The molecule has 0 N–H and O–H groups in total. The molecule has 0 aliphatic carbocycles. The van der Waals surface area contributed by atoms with E-state index in [4.69, 9.17) is 0 Å². The largest absolute Gasteiger partial charge is 0.339 e. The van der Waals surface area contributed by atoms with Crippen molar-refractivity contribution in [2.45, 2.75) is 37.5 Å². The van der Waals surface area contributed by atoms with E-state index in [1.165, 1.54) is 19.1 Å². The van der Waals surface area contributed by atoms with Crippen molar-refractivity contribution in [1.82, 2.24) is 0 Å². The molecule has 2 aromatic carbocycles. The fourth-order valence-electron chi connectivity index (χ4n) is 2.35. The van der Waals surface area contributed by atoms with Crippen molar-refractivity contribution in [2.75, 3.05) is 0 Å². The zero-order valence-electron chi connectivity index (χ0n) is 13.6. The highest BCUT2D eigenvalue weighted by atomic mass is 19.3. The van der Waals surface area contributed by atoms with Gasteiger partial charge in [-0.05, 0) is 13.0 Å². The zero-order chi connectivity index (χ0) is 20.0. The minimum absolute atomic E-state index is 0.0264. The van der Waals surface area contributed by atoms with Gasteiger partial charge in [0.2, 0.25) is 0 Å². The highest BCUT2D eigenvalue weighted by molar-refractivity contribution is 5.35. The molecule has 0 saturated carbocycles. The zero-order valence-corrected chi connectivity index (χ0v) is 13.6. The molecule has 142 valence electrons. The number of aryl methyl sites for hydroxylation is 1. The van der Waals surface area contributed by atoms with Crippen LogP contribution in [0.1, 0.15) is 29.2 Å². The molecule has 0 atom stereocenters. The van der Waals surface area contributed by atoms with E-state index in [0.29, 0.717) is 29.8 Å². The van der Waals surface area contributed by atoms with Crippen molar-refractivity contribution in [3.05, 3.63) is 70.8 Å². The molecule has 0 nitrogen and oxygen atoms in total. The maximum absolute atomic E-state index is 14.3. The summed E-state index contributed by atoms with van der Waals surface area (Å²) in [6.07, 6.45) is 0. The highest BCUT2D eigenvalue weighted by Gasteiger charge is 2.59. The minimum atomic E-state index is -4.73. The number of benzene rings is 2. The summed E-state index contributed by atoms with van der Waals surface area (Å²) < 4.78 is 110. The minimum Gasteiger partial charge on any atom is -0.200 e. The number of hydrogen-bond acceptors (Lipinski definition) is 0. The van der Waals surface area contributed by atoms with E-state index in [9.17, 15) is 35.1 Å². The molecule has 0 bridgehead atoms. The molecule has 0 unspecified atom stereocenters. The van der Waals surface area contributed by atoms with E-state index in [1.807, 2.05) is 0 Å². The van der Waals surface area contributed by atoms with Gasteiger partial charge in [-0.25, -0.2) is 0 Å². The summed E-state index contributed by atoms with van der Waals surface area (Å²) in [5.74, 6) is -18.4. The Morgan fingerprint density at radius 3 is 1.42 bits per heavy atom. The van der Waals surface area contributed by atoms with Crippen LogP contribution in [-0.4, -0.2) is 5.92 Å². The molecule has 0 fully saturated rings. The Kier molecular flexibility index (Phi) is 4.85. The van der Waals surface area contributed by atoms with Crippen LogP contribution >= 0.6 is 0 Å². The number of rotatable bonds is 5. The average Bonchev–Trinajstić information content (AvgIpc) is 2.53. The predicted octanol–water partition coefficient (Wildman–Crippen LogP) is 6.63. The van der Waals surface area contributed by atoms with Gasteiger partial charge >= 0.3 is 23.7 Å². The van der Waals surface area contributed by atoms with Gasteiger partial charge in [-0.3, -0.25) is 0 Å². The Morgan fingerprint density at radius 1 is 0.577 bits per heavy atom. The average molecular weight is 382 g/mol. The lowest BCUT2D eigenvalue weighted by Gasteiger charge is -2.28. The number of hydrogen-bond donors (Lipinski definition) is 0. The second kappa shape index (κ2) is 6.25. The summed E-state index contributed by atoms with van der Waals surface area (Å²) in [7, 11) is 0. The molecular weight excluding hydrogens is 368 g/mol. The smallest absolute Gasteiger partial charge is 0.200 e. The van der Waals surface area contributed by atoms with E-state index < -0.39 is 40.4 Å². The maximum atomic E-state index is 14.3. The van der Waals surface area contributed by atoms with Crippen molar-refractivity contribution in [3.63, 3.8) is 0 Å². The van der Waals surface area contributed by atoms with Crippen LogP contribution in [0.15, 0.2) is 48.5 Å². The van der Waals surface area contributed by atoms with Crippen molar-refractivity contribution in [2.24, 2.45) is 0 Å². The fourth-order valence-corrected chi connectivity index (χ4v) is 2.35. The van der Waals surface area contributed by atoms with Gasteiger partial charge in [0.15, 0.2) is 0 Å². The fraction of sp³-hybridized carbons (Fsp3) is 0.333. The molecule has 0 aromatic heterocycles. The van der Waals surface area contributed by atoms with Crippen LogP contribution in [-0.2, 0) is 17.8 Å². The molecule has 26 heavy (non-hydrogen) atoms. The van der Waals surface area contributed by atoms with E-state index in [-0.39, 0.29) is 6.92 Å². The van der Waals surface area contributed by atoms with Gasteiger partial charge in [-0.2, -0.15) is 35.1 Å². The van der Waals surface area contributed by atoms with E-state index in [0.717, 1.165) is 12.1 Å². The van der Waals surface area contributed by atoms with Crippen molar-refractivity contribution in [3.8, 4) is 0 Å². The Balaban J connectivity index is 2.44. The standard InChI is InChI=1S/C18H14F8/c1-11-4-3-5-14(10-11)18(25,26)17(23,24)13-8-6-12(7-9-13)16(21,22)15(2,19)20/h3-10H,1-2H3. The van der Waals surface area contributed by atoms with Crippen molar-refractivity contribution < 1.29 is 35.1 Å². The Morgan fingerprint density at radius 2 is 1.00 bits per heavy atom. The Labute approximate surface area is 144 Å². The molecule has 0 aliphatic rings. The van der Waals surface area contributed by atoms with Gasteiger partial charge in [0.05, 0.1) is 0 Å². The van der Waals surface area contributed by atoms with Gasteiger partial charge in [0.25, 0.3) is 0 Å². The highest BCUT2D eigenvalue weighted by Crippen LogP contribution is 2.50. The van der Waals surface area contributed by atoms with Gasteiger partial charge < -0.3 is 0 Å². The summed E-state index contributed by atoms with van der Waals surface area (Å²) in [6.45, 7) is 1.42. The number of halogens is 8. The Hall–Kier alpha value is -2.12. The molecule has 0 amide bonds. The maximum Gasteiger partial charge on any atom is 0.339 e. The van der Waals surface area contributed by atoms with Crippen LogP contribution in [0.4, 0.5) is 35.1 Å². The van der Waals surface area contributed by atoms with Crippen LogP contribution in [0, 0.1) is 6.92 Å². The Bertz CT molecular complexity index is 773. The summed E-state index contributed by atoms with van der Waals surface area (Å²) in [5, 5.41) is 0. The number of alkyl halides is 8. The van der Waals surface area contributed by atoms with E-state index in [1.54, 1.807) is 0 Å². The topological polar surface area (TPSA) is 0 Å². The second-order valence-corrected chi connectivity index (χ2v) is 6.06. The molecule has 0 saturated heterocycles. The summed E-state index contributed by atoms with van der Waals surface area (Å²) in [6, 6.07) is 5.54. The predicted molar refractivity (Wildman–Crippen MR) is 79.9 cm³/mol. The van der Waals surface area contributed by atoms with Crippen LogP contribution < -0.4 is 0 Å². The lowest BCUT2D eigenvalue weighted by atomic mass is 9.93. The normalized spacial score (nSPS) is 13.8. The van der Waals surface area contributed by atoms with Crippen molar-refractivity contribution in [1.29, 1.82) is 0 Å². The van der Waals surface area contributed by atoms with Gasteiger partial charge in [0.1, 0.15) is 0 Å². The molecule has 8 heteroatoms. The quantitative estimate of drug-likeness (QED) is 0.510. The summed E-state index contributed by atoms with van der Waals surface area (Å²) >= 11 is 0. The second-order valence-electron chi connectivity index (χ2n) is 6.06. The van der Waals surface area contributed by atoms with Crippen molar-refractivity contribution >= 4 is 0 Å². The summed E-state index contributed by atoms with van der Waals surface area (Å²) in [5.41, 5.74) is -3.12. The first-order chi connectivity index (χ1) is 11.7. The third-order valence-electron chi connectivity index (χ3n) is 3.94. The molecular formula is C18H14F8. The monoisotopic (exact) mass is 382 g/mol. The first-order valence-corrected chi connectivity index (χ1v) is 7.40.